The number of anilines is 5. The van der Waals surface area contributed by atoms with Crippen molar-refractivity contribution >= 4 is 77.6 Å². The van der Waals surface area contributed by atoms with Crippen LogP contribution in [0.3, 0.4) is 0 Å². The standard InChI is InChI=1S/C104H80N4/c1-101(2)89-34-20-17-31-78(89)81-51-46-75(63-93(81)101)105(74-44-38-66(39-45-74)67-42-55-97-86(59-67)84-33-19-22-37-96(84)107(97)72-27-13-9-14-28-72)76-47-52-83-80-49-40-68(61-92(80)103(5,6)95(83)64-76)69-41-50-85-87-60-70(43-56-98(87)108(100(85)62-69)73-29-15-10-16-30-73)88-54-57-99(91-36-23-24-58-104(88,91)7)106(71-25-11-8-12-26-71)77-48-53-82-79-32-18-21-35-90(79)102(3,4)94(82)65-77/h8-65,91H,1-7H3. The first-order valence-electron chi connectivity index (χ1n) is 38.2. The van der Waals surface area contributed by atoms with Crippen molar-refractivity contribution in [3.8, 4) is 67.0 Å². The van der Waals surface area contributed by atoms with E-state index in [4.69, 9.17) is 0 Å². The van der Waals surface area contributed by atoms with Crippen LogP contribution in [0.2, 0.25) is 0 Å². The second kappa shape index (κ2) is 23.6. The van der Waals surface area contributed by atoms with Crippen LogP contribution in [-0.4, -0.2) is 9.13 Å². The third-order valence-electron chi connectivity index (χ3n) is 25.2. The van der Waals surface area contributed by atoms with Gasteiger partial charge in [0.1, 0.15) is 0 Å². The summed E-state index contributed by atoms with van der Waals surface area (Å²) in [6, 6.07) is 119. The molecule has 0 spiro atoms. The summed E-state index contributed by atoms with van der Waals surface area (Å²) in [7, 11) is 0. The first-order chi connectivity index (χ1) is 52.7. The lowest BCUT2D eigenvalue weighted by atomic mass is 9.63. The van der Waals surface area contributed by atoms with Gasteiger partial charge in [0.25, 0.3) is 0 Å². The lowest BCUT2D eigenvalue weighted by Gasteiger charge is -2.45. The Kier molecular flexibility index (Phi) is 13.9. The van der Waals surface area contributed by atoms with Crippen LogP contribution >= 0.6 is 0 Å². The van der Waals surface area contributed by atoms with E-state index in [9.17, 15) is 0 Å². The highest BCUT2D eigenvalue weighted by molar-refractivity contribution is 6.12. The summed E-state index contributed by atoms with van der Waals surface area (Å²) in [6.07, 6.45) is 14.2. The van der Waals surface area contributed by atoms with Gasteiger partial charge in [0.05, 0.1) is 22.1 Å². The van der Waals surface area contributed by atoms with Gasteiger partial charge in [0.2, 0.25) is 0 Å². The maximum Gasteiger partial charge on any atom is 0.0547 e. The minimum atomic E-state index is -0.357. The van der Waals surface area contributed by atoms with Gasteiger partial charge in [-0.3, -0.25) is 0 Å². The fourth-order valence-electron chi connectivity index (χ4n) is 19.7. The Morgan fingerprint density at radius 2 is 0.676 bits per heavy atom. The van der Waals surface area contributed by atoms with E-state index in [1.807, 2.05) is 0 Å². The van der Waals surface area contributed by atoms with Gasteiger partial charge in [0.15, 0.2) is 0 Å². The summed E-state index contributed by atoms with van der Waals surface area (Å²) >= 11 is 0. The summed E-state index contributed by atoms with van der Waals surface area (Å²) in [5.74, 6) is 0.0495. The molecule has 2 unspecified atom stereocenters. The Morgan fingerprint density at radius 3 is 1.29 bits per heavy atom. The molecule has 14 aromatic carbocycles. The molecule has 0 amide bonds. The average molecular weight is 1390 g/mol. The molecule has 0 fully saturated rings. The fraction of sp³-hybridized carbons (Fsp3) is 0.115. The lowest BCUT2D eigenvalue weighted by Crippen LogP contribution is -2.36. The van der Waals surface area contributed by atoms with Crippen LogP contribution in [0.5, 0.6) is 0 Å². The van der Waals surface area contributed by atoms with Crippen molar-refractivity contribution in [1.82, 2.24) is 9.13 Å². The monoisotopic (exact) mass is 1380 g/mol. The quantitative estimate of drug-likeness (QED) is 0.128. The van der Waals surface area contributed by atoms with E-state index >= 15 is 0 Å². The van der Waals surface area contributed by atoms with Crippen LogP contribution in [0.25, 0.3) is 116 Å². The number of benzene rings is 14. The zero-order valence-corrected chi connectivity index (χ0v) is 61.9. The third kappa shape index (κ3) is 9.42. The van der Waals surface area contributed by atoms with Crippen molar-refractivity contribution in [2.45, 2.75) is 64.7 Å². The number of rotatable bonds is 11. The number of fused-ring (bicyclic) bond motifs is 16. The Balaban J connectivity index is 0.640. The number of para-hydroxylation sites is 4. The van der Waals surface area contributed by atoms with Crippen molar-refractivity contribution in [2.75, 3.05) is 9.80 Å². The van der Waals surface area contributed by atoms with E-state index in [1.54, 1.807) is 0 Å². The Hall–Kier alpha value is -12.8. The predicted molar refractivity (Wildman–Crippen MR) is 454 cm³/mol. The SMILES string of the molecule is CC1(C)c2ccccc2-c2ccc(N(C3=CC=C(c4ccc5c(c4)c4ccc(-c6ccc7c(c6)C(C)(C)c6cc(N(c8ccc(-c9ccc%10c(c9)c9ccccc9n%10-c9ccccc9)cc8)c8ccc9c(c8)C(C)(C)c8ccccc8-9)ccc6-7)cc4n5-c4ccccc4)C4(C)C=CC=CC34)c3ccccc3)cc21. The molecule has 0 bridgehead atoms. The van der Waals surface area contributed by atoms with Gasteiger partial charge in [-0.2, -0.15) is 0 Å². The van der Waals surface area contributed by atoms with E-state index in [0.29, 0.717) is 0 Å². The molecule has 0 aliphatic heterocycles. The molecule has 0 saturated heterocycles. The summed E-state index contributed by atoms with van der Waals surface area (Å²) in [4.78, 5) is 5.01. The van der Waals surface area contributed by atoms with Crippen LogP contribution < -0.4 is 9.80 Å². The zero-order chi connectivity index (χ0) is 72.5. The summed E-state index contributed by atoms with van der Waals surface area (Å²) in [5.41, 5.74) is 36.4. The molecule has 2 aromatic heterocycles. The molecule has 16 aromatic rings. The van der Waals surface area contributed by atoms with Gasteiger partial charge < -0.3 is 18.9 Å². The van der Waals surface area contributed by atoms with Gasteiger partial charge in [-0.05, 0) is 234 Å². The normalized spacial score (nSPS) is 17.0. The number of allylic oxidation sites excluding steroid dienone is 7. The molecule has 0 saturated carbocycles. The average Bonchev–Trinajstić information content (AvgIpc) is 1.71. The molecule has 21 rings (SSSR count). The molecule has 5 aliphatic rings. The molecule has 2 heterocycles. The summed E-state index contributed by atoms with van der Waals surface area (Å²) < 4.78 is 4.87. The molecule has 2 atom stereocenters. The highest BCUT2D eigenvalue weighted by Gasteiger charge is 2.44. The van der Waals surface area contributed by atoms with Gasteiger partial charge in [-0.1, -0.05) is 267 Å². The largest absolute Gasteiger partial charge is 0.314 e. The van der Waals surface area contributed by atoms with E-state index in [-0.39, 0.29) is 27.6 Å². The molecular formula is C104H80N4. The summed E-state index contributed by atoms with van der Waals surface area (Å²) in [5, 5.41) is 4.96. The Morgan fingerprint density at radius 1 is 0.269 bits per heavy atom. The molecule has 0 N–H and O–H groups in total. The smallest absolute Gasteiger partial charge is 0.0547 e. The number of aromatic nitrogens is 2. The topological polar surface area (TPSA) is 16.3 Å². The lowest BCUT2D eigenvalue weighted by molar-refractivity contribution is 0.446. The Bertz CT molecular complexity index is 6590. The summed E-state index contributed by atoms with van der Waals surface area (Å²) in [6.45, 7) is 16.8. The van der Waals surface area contributed by atoms with E-state index in [1.165, 1.54) is 155 Å². The number of hydrogen-bond donors (Lipinski definition) is 0. The van der Waals surface area contributed by atoms with E-state index in [2.05, 4.69) is 419 Å². The molecular weight excluding hydrogens is 1310 g/mol. The van der Waals surface area contributed by atoms with E-state index < -0.39 is 0 Å². The minimum absolute atomic E-state index is 0.0495. The van der Waals surface area contributed by atoms with Crippen LogP contribution in [0, 0.1) is 11.3 Å². The zero-order valence-electron chi connectivity index (χ0n) is 61.9. The second-order valence-corrected chi connectivity index (χ2v) is 32.2. The van der Waals surface area contributed by atoms with Crippen molar-refractivity contribution in [1.29, 1.82) is 0 Å². The molecule has 5 aliphatic carbocycles. The molecule has 4 nitrogen and oxygen atoms in total. The van der Waals surface area contributed by atoms with Crippen molar-refractivity contribution in [2.24, 2.45) is 11.3 Å². The predicted octanol–water partition coefficient (Wildman–Crippen LogP) is 27.5. The van der Waals surface area contributed by atoms with Gasteiger partial charge in [0, 0.05) is 94.6 Å². The Labute approximate surface area is 632 Å². The van der Waals surface area contributed by atoms with Crippen LogP contribution in [0.4, 0.5) is 28.4 Å². The van der Waals surface area contributed by atoms with Gasteiger partial charge in [-0.25, -0.2) is 0 Å². The third-order valence-corrected chi connectivity index (χ3v) is 25.2. The number of hydrogen-bond acceptors (Lipinski definition) is 2. The van der Waals surface area contributed by atoms with Crippen LogP contribution in [-0.2, 0) is 16.2 Å². The molecule has 0 radical (unpaired) electrons. The van der Waals surface area contributed by atoms with E-state index in [0.717, 1.165) is 34.1 Å². The number of nitrogens with zero attached hydrogens (tertiary/aromatic N) is 4. The maximum absolute atomic E-state index is 2.52. The van der Waals surface area contributed by atoms with Crippen LogP contribution in [0.1, 0.15) is 87.4 Å². The molecule has 108 heavy (non-hydrogen) atoms. The highest BCUT2D eigenvalue weighted by Crippen LogP contribution is 2.58. The maximum atomic E-state index is 2.52. The van der Waals surface area contributed by atoms with Crippen molar-refractivity contribution in [3.05, 3.63) is 397 Å². The van der Waals surface area contributed by atoms with Crippen LogP contribution in [0.15, 0.2) is 358 Å². The van der Waals surface area contributed by atoms with Crippen molar-refractivity contribution < 1.29 is 0 Å². The second-order valence-electron chi connectivity index (χ2n) is 32.2. The fourth-order valence-corrected chi connectivity index (χ4v) is 19.7. The van der Waals surface area contributed by atoms with Crippen molar-refractivity contribution in [3.63, 3.8) is 0 Å². The molecule has 516 valence electrons. The first kappa shape index (κ1) is 63.7. The first-order valence-corrected chi connectivity index (χ1v) is 38.2. The molecule has 4 heteroatoms. The minimum Gasteiger partial charge on any atom is -0.314 e. The van der Waals surface area contributed by atoms with Gasteiger partial charge >= 0.3 is 0 Å². The van der Waals surface area contributed by atoms with Gasteiger partial charge in [-0.15, -0.1) is 0 Å². The highest BCUT2D eigenvalue weighted by atomic mass is 15.2.